The summed E-state index contributed by atoms with van der Waals surface area (Å²) in [7, 11) is -2.34. The number of benzene rings is 1. The molecule has 0 radical (unpaired) electrons. The van der Waals surface area contributed by atoms with Crippen molar-refractivity contribution in [2.24, 2.45) is 0 Å². The Labute approximate surface area is 66.8 Å². The SMILES string of the molecule is Nc1cccc(C[SH](=O)=O)c1. The number of hydrogen-bond donors (Lipinski definition) is 2. The van der Waals surface area contributed by atoms with Crippen molar-refractivity contribution in [3.05, 3.63) is 29.8 Å². The van der Waals surface area contributed by atoms with Gasteiger partial charge in [-0.3, -0.25) is 0 Å². The minimum atomic E-state index is -2.34. The van der Waals surface area contributed by atoms with Crippen LogP contribution in [-0.2, 0) is 16.5 Å². The van der Waals surface area contributed by atoms with E-state index < -0.39 is 10.7 Å². The summed E-state index contributed by atoms with van der Waals surface area (Å²) >= 11 is 0. The van der Waals surface area contributed by atoms with Gasteiger partial charge >= 0.3 is 0 Å². The number of hydrogen-bond acceptors (Lipinski definition) is 3. The molecule has 4 heteroatoms. The third kappa shape index (κ3) is 2.59. The minimum absolute atomic E-state index is 0.0698. The lowest BCUT2D eigenvalue weighted by Gasteiger charge is -1.95. The highest BCUT2D eigenvalue weighted by Crippen LogP contribution is 2.06. The first-order valence-corrected chi connectivity index (χ1v) is 4.51. The highest BCUT2D eigenvalue weighted by atomic mass is 32.2. The molecule has 0 aliphatic rings. The van der Waals surface area contributed by atoms with Crippen LogP contribution in [0.4, 0.5) is 5.69 Å². The predicted molar refractivity (Wildman–Crippen MR) is 44.9 cm³/mol. The largest absolute Gasteiger partial charge is 0.399 e. The lowest BCUT2D eigenvalue weighted by atomic mass is 10.2. The molecule has 60 valence electrons. The first kappa shape index (κ1) is 8.07. The van der Waals surface area contributed by atoms with Crippen molar-refractivity contribution in [3.8, 4) is 0 Å². The maximum Gasteiger partial charge on any atom is 0.144 e. The standard InChI is InChI=1S/C7H9NO2S/c8-7-3-1-2-6(4-7)5-11(9)10/h1-4,11H,5,8H2. The van der Waals surface area contributed by atoms with Crippen molar-refractivity contribution in [1.29, 1.82) is 0 Å². The van der Waals surface area contributed by atoms with Gasteiger partial charge in [0.2, 0.25) is 0 Å². The van der Waals surface area contributed by atoms with Gasteiger partial charge in [0, 0.05) is 5.69 Å². The minimum Gasteiger partial charge on any atom is -0.399 e. The zero-order valence-electron chi connectivity index (χ0n) is 5.86. The predicted octanol–water partition coefficient (Wildman–Crippen LogP) is 0.380. The van der Waals surface area contributed by atoms with E-state index in [0.29, 0.717) is 5.69 Å². The smallest absolute Gasteiger partial charge is 0.144 e. The number of nitrogen functional groups attached to an aromatic ring is 1. The Morgan fingerprint density at radius 2 is 2.09 bits per heavy atom. The maximum atomic E-state index is 10.3. The number of nitrogens with two attached hydrogens (primary N) is 1. The summed E-state index contributed by atoms with van der Waals surface area (Å²) in [5, 5.41) is 0. The average Bonchev–Trinajstić information content (AvgIpc) is 1.85. The fraction of sp³-hybridized carbons (Fsp3) is 0.143. The van der Waals surface area contributed by atoms with E-state index in [0.717, 1.165) is 5.56 Å². The number of anilines is 1. The summed E-state index contributed by atoms with van der Waals surface area (Å²) in [4.78, 5) is 0. The van der Waals surface area contributed by atoms with Crippen molar-refractivity contribution in [2.45, 2.75) is 5.75 Å². The zero-order valence-corrected chi connectivity index (χ0v) is 6.75. The van der Waals surface area contributed by atoms with Gasteiger partial charge in [-0.1, -0.05) is 12.1 Å². The summed E-state index contributed by atoms with van der Waals surface area (Å²) in [6.45, 7) is 0. The molecule has 1 aromatic rings. The van der Waals surface area contributed by atoms with Crippen molar-refractivity contribution in [3.63, 3.8) is 0 Å². The Balaban J connectivity index is 2.87. The first-order valence-electron chi connectivity index (χ1n) is 3.14. The molecular weight excluding hydrogens is 162 g/mol. The van der Waals surface area contributed by atoms with E-state index in [1.54, 1.807) is 24.3 Å². The van der Waals surface area contributed by atoms with Crippen LogP contribution >= 0.6 is 0 Å². The Hall–Kier alpha value is -1.03. The molecule has 0 heterocycles. The van der Waals surface area contributed by atoms with E-state index in [2.05, 4.69) is 0 Å². The van der Waals surface area contributed by atoms with Gasteiger partial charge in [0.05, 0.1) is 5.75 Å². The van der Waals surface area contributed by atoms with E-state index in [9.17, 15) is 8.42 Å². The molecule has 0 fully saturated rings. The van der Waals surface area contributed by atoms with E-state index in [1.165, 1.54) is 0 Å². The molecule has 1 aromatic carbocycles. The zero-order chi connectivity index (χ0) is 8.27. The molecule has 0 atom stereocenters. The van der Waals surface area contributed by atoms with E-state index in [4.69, 9.17) is 5.73 Å². The molecule has 11 heavy (non-hydrogen) atoms. The molecular formula is C7H9NO2S. The molecule has 0 aliphatic heterocycles. The quantitative estimate of drug-likeness (QED) is 0.499. The third-order valence-electron chi connectivity index (χ3n) is 1.26. The molecule has 1 rings (SSSR count). The molecule has 0 saturated heterocycles. The number of thiol groups is 1. The number of rotatable bonds is 2. The maximum absolute atomic E-state index is 10.3. The van der Waals surface area contributed by atoms with Crippen LogP contribution in [0.5, 0.6) is 0 Å². The summed E-state index contributed by atoms with van der Waals surface area (Å²) in [5.41, 5.74) is 6.77. The molecule has 0 aliphatic carbocycles. The average molecular weight is 171 g/mol. The lowest BCUT2D eigenvalue weighted by Crippen LogP contribution is -1.89. The van der Waals surface area contributed by atoms with Crippen molar-refractivity contribution >= 4 is 16.4 Å². The molecule has 0 spiro atoms. The molecule has 2 N–H and O–H groups in total. The Bertz CT molecular complexity index is 312. The normalized spacial score (nSPS) is 10.3. The van der Waals surface area contributed by atoms with Gasteiger partial charge in [0.25, 0.3) is 0 Å². The van der Waals surface area contributed by atoms with Gasteiger partial charge in [0.15, 0.2) is 0 Å². The van der Waals surface area contributed by atoms with Crippen molar-refractivity contribution < 1.29 is 8.42 Å². The Morgan fingerprint density at radius 3 is 2.64 bits per heavy atom. The first-order chi connectivity index (χ1) is 5.18. The molecule has 0 aromatic heterocycles. The molecule has 0 bridgehead atoms. The van der Waals surface area contributed by atoms with Gasteiger partial charge in [-0.05, 0) is 17.7 Å². The monoisotopic (exact) mass is 171 g/mol. The third-order valence-corrected chi connectivity index (χ3v) is 1.89. The van der Waals surface area contributed by atoms with Crippen LogP contribution in [0.3, 0.4) is 0 Å². The highest BCUT2D eigenvalue weighted by Gasteiger charge is 1.93. The second kappa shape index (κ2) is 3.39. The van der Waals surface area contributed by atoms with Crippen LogP contribution in [0.2, 0.25) is 0 Å². The molecule has 3 nitrogen and oxygen atoms in total. The fourth-order valence-corrected chi connectivity index (χ4v) is 1.34. The summed E-state index contributed by atoms with van der Waals surface area (Å²) in [6, 6.07) is 6.86. The van der Waals surface area contributed by atoms with Crippen LogP contribution in [-0.4, -0.2) is 8.42 Å². The molecule has 0 unspecified atom stereocenters. The van der Waals surface area contributed by atoms with Crippen LogP contribution in [0.25, 0.3) is 0 Å². The van der Waals surface area contributed by atoms with Gasteiger partial charge in [-0.15, -0.1) is 0 Å². The summed E-state index contributed by atoms with van der Waals surface area (Å²) < 4.78 is 20.6. The molecule has 0 saturated carbocycles. The van der Waals surface area contributed by atoms with Crippen LogP contribution < -0.4 is 5.73 Å². The lowest BCUT2D eigenvalue weighted by molar-refractivity contribution is 0.614. The van der Waals surface area contributed by atoms with Crippen molar-refractivity contribution in [1.82, 2.24) is 0 Å². The van der Waals surface area contributed by atoms with Gasteiger partial charge in [-0.25, -0.2) is 8.42 Å². The summed E-state index contributed by atoms with van der Waals surface area (Å²) in [5.74, 6) is 0.0698. The highest BCUT2D eigenvalue weighted by molar-refractivity contribution is 7.71. The Morgan fingerprint density at radius 1 is 1.36 bits per heavy atom. The van der Waals surface area contributed by atoms with E-state index in [-0.39, 0.29) is 5.75 Å². The second-order valence-electron chi connectivity index (χ2n) is 2.24. The second-order valence-corrected chi connectivity index (χ2v) is 3.22. The topological polar surface area (TPSA) is 60.2 Å². The van der Waals surface area contributed by atoms with Gasteiger partial charge in [0.1, 0.15) is 10.7 Å². The molecule has 0 amide bonds. The van der Waals surface area contributed by atoms with Gasteiger partial charge < -0.3 is 5.73 Å². The van der Waals surface area contributed by atoms with Crippen molar-refractivity contribution in [2.75, 3.05) is 5.73 Å². The van der Waals surface area contributed by atoms with E-state index >= 15 is 0 Å². The van der Waals surface area contributed by atoms with Crippen LogP contribution in [0.15, 0.2) is 24.3 Å². The van der Waals surface area contributed by atoms with Gasteiger partial charge in [-0.2, -0.15) is 0 Å². The Kier molecular flexibility index (Phi) is 2.48. The summed E-state index contributed by atoms with van der Waals surface area (Å²) in [6.07, 6.45) is 0. The van der Waals surface area contributed by atoms with Crippen LogP contribution in [0.1, 0.15) is 5.56 Å². The van der Waals surface area contributed by atoms with E-state index in [1.807, 2.05) is 0 Å². The van der Waals surface area contributed by atoms with Crippen LogP contribution in [0, 0.1) is 0 Å². The fourth-order valence-electron chi connectivity index (χ4n) is 0.841.